The second kappa shape index (κ2) is 7.08. The minimum atomic E-state index is 0.152. The van der Waals surface area contributed by atoms with Crippen molar-refractivity contribution in [2.24, 2.45) is 0 Å². The van der Waals surface area contributed by atoms with Crippen LogP contribution in [0.3, 0.4) is 0 Å². The fourth-order valence-corrected chi connectivity index (χ4v) is 2.39. The van der Waals surface area contributed by atoms with Gasteiger partial charge in [0, 0.05) is 24.8 Å². The van der Waals surface area contributed by atoms with Crippen LogP contribution in [0.25, 0.3) is 0 Å². The number of nitrogen functional groups attached to an aromatic ring is 1. The number of anilines is 1. The molecule has 20 heavy (non-hydrogen) atoms. The van der Waals surface area contributed by atoms with Gasteiger partial charge in [-0.3, -0.25) is 4.90 Å². The van der Waals surface area contributed by atoms with Crippen molar-refractivity contribution in [2.75, 3.05) is 18.9 Å². The first kappa shape index (κ1) is 14.6. The molecule has 0 aliphatic carbocycles. The monoisotopic (exact) mass is 270 g/mol. The van der Waals surface area contributed by atoms with Gasteiger partial charge in [-0.25, -0.2) is 0 Å². The van der Waals surface area contributed by atoms with E-state index < -0.39 is 0 Å². The molecule has 0 bridgehead atoms. The van der Waals surface area contributed by atoms with Crippen molar-refractivity contribution in [3.8, 4) is 0 Å². The lowest BCUT2D eigenvalue weighted by molar-refractivity contribution is 0.151. The van der Waals surface area contributed by atoms with Gasteiger partial charge in [-0.2, -0.15) is 0 Å². The molecule has 0 amide bonds. The van der Waals surface area contributed by atoms with E-state index in [0.717, 1.165) is 12.2 Å². The maximum Gasteiger partial charge on any atom is 0.0558 e. The number of nitrogens with two attached hydrogens (primary N) is 1. The van der Waals surface area contributed by atoms with E-state index in [-0.39, 0.29) is 12.6 Å². The third-order valence-corrected chi connectivity index (χ3v) is 3.56. The fourth-order valence-electron chi connectivity index (χ4n) is 2.39. The number of aliphatic hydroxyl groups is 1. The first-order chi connectivity index (χ1) is 9.70. The van der Waals surface area contributed by atoms with Crippen molar-refractivity contribution in [2.45, 2.75) is 19.5 Å². The molecule has 0 saturated carbocycles. The molecule has 2 rings (SSSR count). The van der Waals surface area contributed by atoms with E-state index in [4.69, 9.17) is 5.73 Å². The van der Waals surface area contributed by atoms with Crippen LogP contribution < -0.4 is 5.73 Å². The summed E-state index contributed by atoms with van der Waals surface area (Å²) in [5, 5.41) is 9.30. The van der Waals surface area contributed by atoms with Crippen LogP contribution in [0, 0.1) is 0 Å². The number of nitrogens with zero attached hydrogens (tertiary/aromatic N) is 1. The lowest BCUT2D eigenvalue weighted by Gasteiger charge is -2.29. The van der Waals surface area contributed by atoms with Gasteiger partial charge in [0.1, 0.15) is 0 Å². The third kappa shape index (κ3) is 3.83. The van der Waals surface area contributed by atoms with Crippen molar-refractivity contribution in [1.29, 1.82) is 0 Å². The molecule has 2 aromatic carbocycles. The summed E-state index contributed by atoms with van der Waals surface area (Å²) in [7, 11) is 0. The van der Waals surface area contributed by atoms with E-state index in [1.54, 1.807) is 0 Å². The highest BCUT2D eigenvalue weighted by molar-refractivity contribution is 5.41. The van der Waals surface area contributed by atoms with Crippen LogP contribution in [0.2, 0.25) is 0 Å². The average Bonchev–Trinajstić information content (AvgIpc) is 2.47. The molecule has 3 heteroatoms. The van der Waals surface area contributed by atoms with Crippen LogP contribution >= 0.6 is 0 Å². The highest BCUT2D eigenvalue weighted by Crippen LogP contribution is 2.23. The minimum absolute atomic E-state index is 0.152. The van der Waals surface area contributed by atoms with Crippen molar-refractivity contribution >= 4 is 5.69 Å². The molecule has 0 aliphatic heterocycles. The molecule has 0 fully saturated rings. The van der Waals surface area contributed by atoms with E-state index in [2.05, 4.69) is 30.0 Å². The van der Waals surface area contributed by atoms with Gasteiger partial charge < -0.3 is 10.8 Å². The van der Waals surface area contributed by atoms with E-state index in [0.29, 0.717) is 6.54 Å². The zero-order chi connectivity index (χ0) is 14.4. The second-order valence-electron chi connectivity index (χ2n) is 5.03. The first-order valence-electron chi connectivity index (χ1n) is 6.95. The number of hydrogen-bond acceptors (Lipinski definition) is 3. The predicted octanol–water partition coefficient (Wildman–Crippen LogP) is 2.82. The molecule has 2 aromatic rings. The van der Waals surface area contributed by atoms with Crippen LogP contribution in [0.15, 0.2) is 54.6 Å². The Morgan fingerprint density at radius 3 is 2.50 bits per heavy atom. The van der Waals surface area contributed by atoms with Gasteiger partial charge in [-0.05, 0) is 30.2 Å². The van der Waals surface area contributed by atoms with Gasteiger partial charge in [-0.1, -0.05) is 42.5 Å². The summed E-state index contributed by atoms with van der Waals surface area (Å²) >= 11 is 0. The minimum Gasteiger partial charge on any atom is -0.399 e. The molecule has 1 atom stereocenters. The van der Waals surface area contributed by atoms with Crippen LogP contribution in [-0.2, 0) is 6.54 Å². The summed E-state index contributed by atoms with van der Waals surface area (Å²) in [5.74, 6) is 0. The van der Waals surface area contributed by atoms with Gasteiger partial charge in [0.05, 0.1) is 6.61 Å². The molecular formula is C17H22N2O. The molecule has 106 valence electrons. The predicted molar refractivity (Wildman–Crippen MR) is 83.2 cm³/mol. The highest BCUT2D eigenvalue weighted by Gasteiger charge is 2.15. The van der Waals surface area contributed by atoms with Crippen LogP contribution in [0.1, 0.15) is 24.1 Å². The summed E-state index contributed by atoms with van der Waals surface area (Å²) in [5.41, 5.74) is 9.05. The van der Waals surface area contributed by atoms with Crippen molar-refractivity contribution in [3.05, 3.63) is 65.7 Å². The van der Waals surface area contributed by atoms with Gasteiger partial charge in [0.15, 0.2) is 0 Å². The molecule has 0 aromatic heterocycles. The average molecular weight is 270 g/mol. The zero-order valence-corrected chi connectivity index (χ0v) is 11.9. The van der Waals surface area contributed by atoms with Crippen LogP contribution in [0.5, 0.6) is 0 Å². The SMILES string of the molecule is CC(c1cccc(N)c1)N(CCO)Cc1ccccc1. The first-order valence-corrected chi connectivity index (χ1v) is 6.95. The third-order valence-electron chi connectivity index (χ3n) is 3.56. The van der Waals surface area contributed by atoms with E-state index in [9.17, 15) is 5.11 Å². The number of hydrogen-bond donors (Lipinski definition) is 2. The molecule has 0 saturated heterocycles. The maximum absolute atomic E-state index is 9.30. The van der Waals surface area contributed by atoms with Crippen molar-refractivity contribution in [3.63, 3.8) is 0 Å². The van der Waals surface area contributed by atoms with E-state index in [1.165, 1.54) is 11.1 Å². The van der Waals surface area contributed by atoms with E-state index >= 15 is 0 Å². The largest absolute Gasteiger partial charge is 0.399 e. The molecule has 3 N–H and O–H groups in total. The Morgan fingerprint density at radius 2 is 1.85 bits per heavy atom. The summed E-state index contributed by atoms with van der Waals surface area (Å²) in [6.07, 6.45) is 0. The number of aliphatic hydroxyl groups excluding tert-OH is 1. The molecule has 1 unspecified atom stereocenters. The molecule has 0 radical (unpaired) electrons. The molecule has 0 spiro atoms. The summed E-state index contributed by atoms with van der Waals surface area (Å²) in [4.78, 5) is 2.25. The standard InChI is InChI=1S/C17H22N2O/c1-14(16-8-5-9-17(18)12-16)19(10-11-20)13-15-6-3-2-4-7-15/h2-9,12,14,20H,10-11,13,18H2,1H3. The van der Waals surface area contributed by atoms with E-state index in [1.807, 2.05) is 36.4 Å². The summed E-state index contributed by atoms with van der Waals surface area (Å²) in [6.45, 7) is 3.76. The van der Waals surface area contributed by atoms with Crippen LogP contribution in [-0.4, -0.2) is 23.2 Å². The Morgan fingerprint density at radius 1 is 1.10 bits per heavy atom. The maximum atomic E-state index is 9.30. The fraction of sp³-hybridized carbons (Fsp3) is 0.294. The summed E-state index contributed by atoms with van der Waals surface area (Å²) < 4.78 is 0. The van der Waals surface area contributed by atoms with Crippen molar-refractivity contribution in [1.82, 2.24) is 4.90 Å². The molecule has 3 nitrogen and oxygen atoms in total. The van der Waals surface area contributed by atoms with Gasteiger partial charge >= 0.3 is 0 Å². The molecule has 0 heterocycles. The summed E-state index contributed by atoms with van der Waals surface area (Å²) in [6, 6.07) is 18.5. The second-order valence-corrected chi connectivity index (χ2v) is 5.03. The Kier molecular flexibility index (Phi) is 5.16. The topological polar surface area (TPSA) is 49.5 Å². The van der Waals surface area contributed by atoms with Crippen LogP contribution in [0.4, 0.5) is 5.69 Å². The van der Waals surface area contributed by atoms with Gasteiger partial charge in [0.25, 0.3) is 0 Å². The van der Waals surface area contributed by atoms with Gasteiger partial charge in [0.2, 0.25) is 0 Å². The normalized spacial score (nSPS) is 12.6. The Hall–Kier alpha value is -1.84. The zero-order valence-electron chi connectivity index (χ0n) is 11.9. The number of rotatable bonds is 6. The quantitative estimate of drug-likeness (QED) is 0.794. The van der Waals surface area contributed by atoms with Crippen molar-refractivity contribution < 1.29 is 5.11 Å². The molecule has 0 aliphatic rings. The Balaban J connectivity index is 2.15. The van der Waals surface area contributed by atoms with Gasteiger partial charge in [-0.15, -0.1) is 0 Å². The lowest BCUT2D eigenvalue weighted by Crippen LogP contribution is -2.29. The lowest BCUT2D eigenvalue weighted by atomic mass is 10.1. The Labute approximate surface area is 120 Å². The Bertz CT molecular complexity index is 528. The highest BCUT2D eigenvalue weighted by atomic mass is 16.3. The molecular weight excluding hydrogens is 248 g/mol. The smallest absolute Gasteiger partial charge is 0.0558 e. The number of benzene rings is 2.